The van der Waals surface area contributed by atoms with Gasteiger partial charge in [-0.05, 0) is 31.7 Å². The smallest absolute Gasteiger partial charge is 0.0947 e. The van der Waals surface area contributed by atoms with Crippen LogP contribution in [0.1, 0.15) is 22.3 Å². The van der Waals surface area contributed by atoms with E-state index in [-0.39, 0.29) is 6.04 Å². The molecule has 0 aliphatic heterocycles. The van der Waals surface area contributed by atoms with Crippen LogP contribution in [0.3, 0.4) is 0 Å². The molecule has 0 saturated carbocycles. The minimum atomic E-state index is 0.263. The molecule has 0 saturated heterocycles. The lowest BCUT2D eigenvalue weighted by molar-refractivity contribution is 0.590. The zero-order valence-corrected chi connectivity index (χ0v) is 11.5. The Labute approximate surface area is 111 Å². The molecule has 90 valence electrons. The first-order valence-electron chi connectivity index (χ1n) is 5.53. The molecule has 0 bridgehead atoms. The van der Waals surface area contributed by atoms with E-state index in [1.165, 1.54) is 5.56 Å². The maximum absolute atomic E-state index is 6.01. The number of hydrogen-bond donors (Lipinski definition) is 1. The molecule has 0 fully saturated rings. The van der Waals surface area contributed by atoms with Crippen LogP contribution in [0.4, 0.5) is 0 Å². The van der Waals surface area contributed by atoms with Gasteiger partial charge in [0, 0.05) is 28.6 Å². The first-order chi connectivity index (χ1) is 8.19. The third kappa shape index (κ3) is 3.28. The summed E-state index contributed by atoms with van der Waals surface area (Å²) in [6.45, 7) is 2.02. The third-order valence-corrected chi connectivity index (χ3v) is 3.87. The van der Waals surface area contributed by atoms with Gasteiger partial charge in [-0.15, -0.1) is 11.3 Å². The molecule has 2 rings (SSSR count). The summed E-state index contributed by atoms with van der Waals surface area (Å²) in [5.74, 6) is 0. The lowest BCUT2D eigenvalue weighted by atomic mass is 10.0. The molecule has 1 heterocycles. The molecule has 0 radical (unpaired) electrons. The molecule has 4 heteroatoms. The summed E-state index contributed by atoms with van der Waals surface area (Å²) in [7, 11) is 1.96. The summed E-state index contributed by atoms with van der Waals surface area (Å²) in [4.78, 5) is 4.49. The van der Waals surface area contributed by atoms with Crippen molar-refractivity contribution in [3.63, 3.8) is 0 Å². The van der Waals surface area contributed by atoms with Crippen LogP contribution < -0.4 is 5.32 Å². The largest absolute Gasteiger partial charge is 0.313 e. The molecule has 1 aromatic carbocycles. The Morgan fingerprint density at radius 2 is 2.29 bits per heavy atom. The molecule has 1 atom stereocenters. The van der Waals surface area contributed by atoms with Crippen molar-refractivity contribution in [2.75, 3.05) is 7.05 Å². The lowest BCUT2D eigenvalue weighted by Gasteiger charge is -2.15. The molecule has 1 aromatic heterocycles. The minimum Gasteiger partial charge on any atom is -0.313 e. The SMILES string of the molecule is CNC(Cc1nc(C)cs1)c1cccc(Cl)c1. The summed E-state index contributed by atoms with van der Waals surface area (Å²) >= 11 is 7.72. The molecule has 0 aliphatic rings. The number of aryl methyl sites for hydroxylation is 1. The van der Waals surface area contributed by atoms with Crippen LogP contribution in [0.15, 0.2) is 29.6 Å². The van der Waals surface area contributed by atoms with Crippen molar-refractivity contribution < 1.29 is 0 Å². The van der Waals surface area contributed by atoms with E-state index >= 15 is 0 Å². The Balaban J connectivity index is 2.16. The van der Waals surface area contributed by atoms with Gasteiger partial charge in [0.15, 0.2) is 0 Å². The predicted molar refractivity (Wildman–Crippen MR) is 73.8 cm³/mol. The van der Waals surface area contributed by atoms with E-state index in [0.717, 1.165) is 22.1 Å². The highest BCUT2D eigenvalue weighted by molar-refractivity contribution is 7.09. The number of nitrogens with zero attached hydrogens (tertiary/aromatic N) is 1. The number of benzene rings is 1. The van der Waals surface area contributed by atoms with Gasteiger partial charge >= 0.3 is 0 Å². The molecule has 2 aromatic rings. The quantitative estimate of drug-likeness (QED) is 0.915. The van der Waals surface area contributed by atoms with Crippen LogP contribution in [0.5, 0.6) is 0 Å². The Bertz CT molecular complexity index is 496. The molecule has 0 spiro atoms. The molecule has 1 N–H and O–H groups in total. The van der Waals surface area contributed by atoms with E-state index in [0.29, 0.717) is 0 Å². The van der Waals surface area contributed by atoms with Gasteiger partial charge < -0.3 is 5.32 Å². The number of likely N-dealkylation sites (N-methyl/N-ethyl adjacent to an activating group) is 1. The van der Waals surface area contributed by atoms with Gasteiger partial charge in [0.1, 0.15) is 0 Å². The first kappa shape index (κ1) is 12.6. The number of rotatable bonds is 4. The van der Waals surface area contributed by atoms with E-state index in [1.807, 2.05) is 32.2 Å². The van der Waals surface area contributed by atoms with Gasteiger partial charge in [0.25, 0.3) is 0 Å². The number of hydrogen-bond acceptors (Lipinski definition) is 3. The topological polar surface area (TPSA) is 24.9 Å². The maximum Gasteiger partial charge on any atom is 0.0947 e. The predicted octanol–water partition coefficient (Wildman–Crippen LogP) is 3.61. The van der Waals surface area contributed by atoms with Gasteiger partial charge in [-0.1, -0.05) is 23.7 Å². The maximum atomic E-state index is 6.01. The highest BCUT2D eigenvalue weighted by Crippen LogP contribution is 2.22. The van der Waals surface area contributed by atoms with Crippen molar-refractivity contribution >= 4 is 22.9 Å². The Morgan fingerprint density at radius 1 is 1.47 bits per heavy atom. The Morgan fingerprint density at radius 3 is 2.88 bits per heavy atom. The van der Waals surface area contributed by atoms with Crippen LogP contribution >= 0.6 is 22.9 Å². The van der Waals surface area contributed by atoms with Crippen molar-refractivity contribution in [1.29, 1.82) is 0 Å². The zero-order chi connectivity index (χ0) is 12.3. The van der Waals surface area contributed by atoms with Crippen molar-refractivity contribution in [1.82, 2.24) is 10.3 Å². The number of aromatic nitrogens is 1. The van der Waals surface area contributed by atoms with E-state index in [9.17, 15) is 0 Å². The summed E-state index contributed by atoms with van der Waals surface area (Å²) in [5, 5.41) is 7.33. The van der Waals surface area contributed by atoms with Crippen molar-refractivity contribution in [3.8, 4) is 0 Å². The third-order valence-electron chi connectivity index (χ3n) is 2.64. The fourth-order valence-corrected chi connectivity index (χ4v) is 2.80. The van der Waals surface area contributed by atoms with Crippen LogP contribution in [0.2, 0.25) is 5.02 Å². The number of thiazole rings is 1. The van der Waals surface area contributed by atoms with Crippen LogP contribution in [-0.2, 0) is 6.42 Å². The molecule has 17 heavy (non-hydrogen) atoms. The summed E-state index contributed by atoms with van der Waals surface area (Å²) < 4.78 is 0. The monoisotopic (exact) mass is 266 g/mol. The van der Waals surface area contributed by atoms with Gasteiger partial charge in [0.05, 0.1) is 5.01 Å². The van der Waals surface area contributed by atoms with Gasteiger partial charge in [-0.2, -0.15) is 0 Å². The second-order valence-corrected chi connectivity index (χ2v) is 5.36. The Hall–Kier alpha value is -0.900. The average molecular weight is 267 g/mol. The van der Waals surface area contributed by atoms with E-state index in [4.69, 9.17) is 11.6 Å². The molecule has 0 aliphatic carbocycles. The van der Waals surface area contributed by atoms with Gasteiger partial charge in [-0.25, -0.2) is 4.98 Å². The van der Waals surface area contributed by atoms with Crippen LogP contribution in [0.25, 0.3) is 0 Å². The molecular formula is C13H15ClN2S. The summed E-state index contributed by atoms with van der Waals surface area (Å²) in [5.41, 5.74) is 2.29. The number of halogens is 1. The van der Waals surface area contributed by atoms with Crippen molar-refractivity contribution in [3.05, 3.63) is 50.9 Å². The molecule has 1 unspecified atom stereocenters. The second-order valence-electron chi connectivity index (χ2n) is 3.98. The van der Waals surface area contributed by atoms with Crippen LogP contribution in [-0.4, -0.2) is 12.0 Å². The fraction of sp³-hybridized carbons (Fsp3) is 0.308. The molecule has 2 nitrogen and oxygen atoms in total. The molecular weight excluding hydrogens is 252 g/mol. The zero-order valence-electron chi connectivity index (χ0n) is 9.90. The van der Waals surface area contributed by atoms with Gasteiger partial charge in [-0.3, -0.25) is 0 Å². The fourth-order valence-electron chi connectivity index (χ4n) is 1.78. The van der Waals surface area contributed by atoms with Gasteiger partial charge in [0.2, 0.25) is 0 Å². The first-order valence-corrected chi connectivity index (χ1v) is 6.78. The van der Waals surface area contributed by atoms with E-state index < -0.39 is 0 Å². The highest BCUT2D eigenvalue weighted by atomic mass is 35.5. The number of nitrogens with one attached hydrogen (secondary N) is 1. The summed E-state index contributed by atoms with van der Waals surface area (Å²) in [6.07, 6.45) is 0.898. The average Bonchev–Trinajstić information content (AvgIpc) is 2.72. The van der Waals surface area contributed by atoms with Crippen LogP contribution in [0, 0.1) is 6.92 Å². The van der Waals surface area contributed by atoms with E-state index in [2.05, 4.69) is 21.7 Å². The molecule has 0 amide bonds. The van der Waals surface area contributed by atoms with Crippen molar-refractivity contribution in [2.24, 2.45) is 0 Å². The minimum absolute atomic E-state index is 0.263. The normalized spacial score (nSPS) is 12.6. The Kier molecular flexibility index (Phi) is 4.15. The van der Waals surface area contributed by atoms with Crippen molar-refractivity contribution in [2.45, 2.75) is 19.4 Å². The lowest BCUT2D eigenvalue weighted by Crippen LogP contribution is -2.18. The second kappa shape index (κ2) is 5.63. The highest BCUT2D eigenvalue weighted by Gasteiger charge is 2.12. The van der Waals surface area contributed by atoms with E-state index in [1.54, 1.807) is 11.3 Å². The summed E-state index contributed by atoms with van der Waals surface area (Å²) in [6, 6.07) is 8.23. The standard InChI is InChI=1S/C13H15ClN2S/c1-9-8-17-13(16-9)7-12(15-2)10-4-3-5-11(14)6-10/h3-6,8,12,15H,7H2,1-2H3.